The average molecular weight is 364 g/mol. The number of rotatable bonds is 3. The molecular weight excluding hydrogens is 345 g/mol. The van der Waals surface area contributed by atoms with Crippen molar-refractivity contribution in [2.75, 3.05) is 13.1 Å². The van der Waals surface area contributed by atoms with Gasteiger partial charge < -0.3 is 5.73 Å². The van der Waals surface area contributed by atoms with Crippen molar-refractivity contribution in [3.8, 4) is 6.07 Å². The molecule has 2 rings (SSSR count). The summed E-state index contributed by atoms with van der Waals surface area (Å²) >= 11 is 6.01. The molecule has 1 heterocycles. The summed E-state index contributed by atoms with van der Waals surface area (Å²) in [7, 11) is -3.62. The van der Waals surface area contributed by atoms with Crippen LogP contribution in [0.5, 0.6) is 0 Å². The number of nitriles is 1. The fourth-order valence-electron chi connectivity index (χ4n) is 2.56. The average Bonchev–Trinajstić information content (AvgIpc) is 2.46. The topological polar surface area (TPSA) is 87.2 Å². The van der Waals surface area contributed by atoms with Gasteiger partial charge >= 0.3 is 0 Å². The number of hydrogen-bond acceptors (Lipinski definition) is 4. The summed E-state index contributed by atoms with van der Waals surface area (Å²) in [5, 5.41) is 8.89. The van der Waals surface area contributed by atoms with Crippen molar-refractivity contribution in [1.29, 1.82) is 5.26 Å². The van der Waals surface area contributed by atoms with Crippen LogP contribution in [0.2, 0.25) is 5.02 Å². The Morgan fingerprint density at radius 3 is 2.45 bits per heavy atom. The van der Waals surface area contributed by atoms with E-state index in [0.717, 1.165) is 12.8 Å². The monoisotopic (exact) mass is 363 g/mol. The van der Waals surface area contributed by atoms with Crippen LogP contribution in [0, 0.1) is 17.2 Å². The molecule has 1 saturated heterocycles. The lowest BCUT2D eigenvalue weighted by atomic mass is 9.92. The van der Waals surface area contributed by atoms with Crippen LogP contribution < -0.4 is 5.73 Å². The Morgan fingerprint density at radius 1 is 1.41 bits per heavy atom. The molecule has 8 heteroatoms. The van der Waals surface area contributed by atoms with E-state index >= 15 is 0 Å². The maximum atomic E-state index is 12.6. The quantitative estimate of drug-likeness (QED) is 0.892. The van der Waals surface area contributed by atoms with E-state index in [2.05, 4.69) is 0 Å². The predicted molar refractivity (Wildman–Crippen MR) is 88.5 cm³/mol. The van der Waals surface area contributed by atoms with Crippen LogP contribution in [0.3, 0.4) is 0 Å². The molecule has 0 amide bonds. The molecule has 1 aliphatic rings. The minimum Gasteiger partial charge on any atom is -0.328 e. The number of hydrogen-bond donors (Lipinski definition) is 1. The van der Waals surface area contributed by atoms with Crippen LogP contribution in [0.4, 0.5) is 0 Å². The molecule has 1 fully saturated rings. The zero-order valence-corrected chi connectivity index (χ0v) is 14.6. The summed E-state index contributed by atoms with van der Waals surface area (Å²) in [5.74, 6) is 0.355. The van der Waals surface area contributed by atoms with Crippen LogP contribution in [0.1, 0.15) is 25.3 Å². The van der Waals surface area contributed by atoms with E-state index in [0.29, 0.717) is 24.6 Å². The summed E-state index contributed by atoms with van der Waals surface area (Å²) in [5.41, 5.74) is 6.21. The number of nitrogens with two attached hydrogens (primary N) is 1. The molecule has 5 nitrogen and oxygen atoms in total. The van der Waals surface area contributed by atoms with E-state index in [-0.39, 0.29) is 28.4 Å². The maximum Gasteiger partial charge on any atom is 0.244 e. The lowest BCUT2D eigenvalue weighted by Crippen LogP contribution is -2.42. The van der Waals surface area contributed by atoms with Gasteiger partial charge in [0.05, 0.1) is 16.7 Å². The molecule has 122 valence electrons. The van der Waals surface area contributed by atoms with E-state index in [1.54, 1.807) is 0 Å². The largest absolute Gasteiger partial charge is 0.328 e. The van der Waals surface area contributed by atoms with Crippen molar-refractivity contribution in [1.82, 2.24) is 4.31 Å². The fraction of sp³-hybridized carbons (Fsp3) is 0.500. The summed E-state index contributed by atoms with van der Waals surface area (Å²) in [6.07, 6.45) is 1.51. The molecule has 2 N–H and O–H groups in total. The van der Waals surface area contributed by atoms with Gasteiger partial charge in [0, 0.05) is 19.1 Å². The first kappa shape index (κ1) is 19.2. The third-order valence-electron chi connectivity index (χ3n) is 3.92. The minimum absolute atomic E-state index is 0. The van der Waals surface area contributed by atoms with Crippen molar-refractivity contribution in [3.63, 3.8) is 0 Å². The van der Waals surface area contributed by atoms with Crippen molar-refractivity contribution < 1.29 is 8.42 Å². The highest BCUT2D eigenvalue weighted by atomic mass is 35.5. The first-order valence-corrected chi connectivity index (χ1v) is 8.63. The van der Waals surface area contributed by atoms with E-state index in [4.69, 9.17) is 22.6 Å². The number of halogens is 2. The van der Waals surface area contributed by atoms with Crippen LogP contribution in [-0.4, -0.2) is 31.9 Å². The molecule has 1 aromatic rings. The Hall–Kier alpha value is -0.840. The van der Waals surface area contributed by atoms with Gasteiger partial charge in [-0.2, -0.15) is 9.57 Å². The number of piperidine rings is 1. The van der Waals surface area contributed by atoms with E-state index in [1.807, 2.05) is 13.0 Å². The molecule has 1 aliphatic heterocycles. The lowest BCUT2D eigenvalue weighted by molar-refractivity contribution is 0.251. The van der Waals surface area contributed by atoms with Crippen molar-refractivity contribution in [2.24, 2.45) is 11.7 Å². The van der Waals surface area contributed by atoms with Gasteiger partial charge in [0.1, 0.15) is 4.90 Å². The summed E-state index contributed by atoms with van der Waals surface area (Å²) < 4.78 is 26.7. The third-order valence-corrected chi connectivity index (χ3v) is 6.30. The van der Waals surface area contributed by atoms with E-state index in [9.17, 15) is 8.42 Å². The predicted octanol–water partition coefficient (Wildman–Crippen LogP) is 2.38. The van der Waals surface area contributed by atoms with Gasteiger partial charge in [-0.15, -0.1) is 12.4 Å². The van der Waals surface area contributed by atoms with Crippen LogP contribution in [-0.2, 0) is 10.0 Å². The molecule has 0 spiro atoms. The molecule has 0 aliphatic carbocycles. The van der Waals surface area contributed by atoms with Gasteiger partial charge in [-0.25, -0.2) is 8.42 Å². The molecule has 0 aromatic heterocycles. The van der Waals surface area contributed by atoms with Gasteiger partial charge in [-0.05, 0) is 43.9 Å². The summed E-state index contributed by atoms with van der Waals surface area (Å²) in [6.45, 7) is 2.85. The molecule has 0 saturated carbocycles. The minimum atomic E-state index is -3.62. The summed E-state index contributed by atoms with van der Waals surface area (Å²) in [4.78, 5) is 0.0578. The van der Waals surface area contributed by atoms with Crippen LogP contribution in [0.15, 0.2) is 23.1 Å². The molecule has 22 heavy (non-hydrogen) atoms. The smallest absolute Gasteiger partial charge is 0.244 e. The second-order valence-electron chi connectivity index (χ2n) is 5.36. The molecular formula is C14H19Cl2N3O2S. The Kier molecular flexibility index (Phi) is 6.65. The van der Waals surface area contributed by atoms with Crippen molar-refractivity contribution >= 4 is 34.0 Å². The Balaban J connectivity index is 0.00000242. The van der Waals surface area contributed by atoms with Gasteiger partial charge in [-0.3, -0.25) is 0 Å². The number of nitrogens with zero attached hydrogens (tertiary/aromatic N) is 2. The maximum absolute atomic E-state index is 12.6. The van der Waals surface area contributed by atoms with Crippen molar-refractivity contribution in [2.45, 2.75) is 30.7 Å². The summed E-state index contributed by atoms with van der Waals surface area (Å²) in [6, 6.07) is 6.26. The molecule has 0 bridgehead atoms. The second-order valence-corrected chi connectivity index (χ2v) is 7.67. The highest BCUT2D eigenvalue weighted by Crippen LogP contribution is 2.29. The molecule has 0 radical (unpaired) electrons. The second kappa shape index (κ2) is 7.62. The van der Waals surface area contributed by atoms with E-state index < -0.39 is 10.0 Å². The van der Waals surface area contributed by atoms with E-state index in [1.165, 1.54) is 22.5 Å². The highest BCUT2D eigenvalue weighted by Gasteiger charge is 2.31. The third kappa shape index (κ3) is 3.92. The van der Waals surface area contributed by atoms with Crippen LogP contribution in [0.25, 0.3) is 0 Å². The molecule has 1 aromatic carbocycles. The number of benzene rings is 1. The first-order valence-electron chi connectivity index (χ1n) is 6.81. The van der Waals surface area contributed by atoms with Crippen LogP contribution >= 0.6 is 24.0 Å². The normalized spacial score (nSPS) is 18.3. The molecule has 1 atom stereocenters. The first-order chi connectivity index (χ1) is 9.86. The van der Waals surface area contributed by atoms with Gasteiger partial charge in [-0.1, -0.05) is 11.6 Å². The zero-order valence-electron chi connectivity index (χ0n) is 12.2. The fourth-order valence-corrected chi connectivity index (χ4v) is 4.55. The Bertz CT molecular complexity index is 663. The van der Waals surface area contributed by atoms with Crippen molar-refractivity contribution in [3.05, 3.63) is 28.8 Å². The zero-order chi connectivity index (χ0) is 15.6. The SMILES string of the molecule is CC(N)C1CCN(S(=O)(=O)c2ccc(C#N)cc2Cl)CC1.Cl. The highest BCUT2D eigenvalue weighted by molar-refractivity contribution is 7.89. The number of sulfonamides is 1. The van der Waals surface area contributed by atoms with Gasteiger partial charge in [0.2, 0.25) is 10.0 Å². The lowest BCUT2D eigenvalue weighted by Gasteiger charge is -2.33. The molecule has 1 unspecified atom stereocenters. The standard InChI is InChI=1S/C14H18ClN3O2S.ClH/c1-10(17)12-4-6-18(7-5-12)21(19,20)14-3-2-11(9-16)8-13(14)15;/h2-3,8,10,12H,4-7,17H2,1H3;1H. The Morgan fingerprint density at radius 2 is 2.00 bits per heavy atom. The Labute approximate surface area is 142 Å². The van der Waals surface area contributed by atoms with Gasteiger partial charge in [0.15, 0.2) is 0 Å². The van der Waals surface area contributed by atoms with Gasteiger partial charge in [0.25, 0.3) is 0 Å².